The summed E-state index contributed by atoms with van der Waals surface area (Å²) in [4.78, 5) is 18.5. The van der Waals surface area contributed by atoms with Crippen molar-refractivity contribution >= 4 is 29.2 Å². The molecule has 2 heterocycles. The number of hydrogen-bond acceptors (Lipinski definition) is 3. The summed E-state index contributed by atoms with van der Waals surface area (Å²) in [6.45, 7) is 6.04. The quantitative estimate of drug-likeness (QED) is 0.768. The molecule has 4 rings (SSSR count). The van der Waals surface area contributed by atoms with E-state index < -0.39 is 11.7 Å². The number of aliphatic imine (C=N–C) groups is 1. The molecular formula is C22H23F2N3O. The highest BCUT2D eigenvalue weighted by Crippen LogP contribution is 2.34. The molecule has 0 aromatic heterocycles. The highest BCUT2D eigenvalue weighted by molar-refractivity contribution is 6.12. The van der Waals surface area contributed by atoms with E-state index in [1.165, 1.54) is 18.3 Å². The molecule has 0 bridgehead atoms. The SMILES string of the molecule is CC1CC(C)CN(c2ccc(N=CC3C(=O)Nc4cccc(F)c43)cc2F)C1. The van der Waals surface area contributed by atoms with Gasteiger partial charge in [0, 0.05) is 36.6 Å². The number of rotatable bonds is 3. The summed E-state index contributed by atoms with van der Waals surface area (Å²) in [5, 5.41) is 2.65. The van der Waals surface area contributed by atoms with Gasteiger partial charge in [-0.2, -0.15) is 0 Å². The highest BCUT2D eigenvalue weighted by Gasteiger charge is 2.32. The smallest absolute Gasteiger partial charge is 0.237 e. The Hall–Kier alpha value is -2.76. The van der Waals surface area contributed by atoms with Gasteiger partial charge in [-0.3, -0.25) is 9.79 Å². The van der Waals surface area contributed by atoms with Crippen LogP contribution in [-0.4, -0.2) is 25.2 Å². The van der Waals surface area contributed by atoms with Gasteiger partial charge in [0.05, 0.1) is 11.4 Å². The lowest BCUT2D eigenvalue weighted by Crippen LogP contribution is -2.39. The average Bonchev–Trinajstić information content (AvgIpc) is 2.95. The second-order valence-electron chi connectivity index (χ2n) is 7.93. The van der Waals surface area contributed by atoms with E-state index in [2.05, 4.69) is 29.1 Å². The van der Waals surface area contributed by atoms with Gasteiger partial charge in [0.15, 0.2) is 0 Å². The molecule has 3 atom stereocenters. The van der Waals surface area contributed by atoms with E-state index in [-0.39, 0.29) is 17.3 Å². The van der Waals surface area contributed by atoms with E-state index in [1.807, 2.05) is 0 Å². The van der Waals surface area contributed by atoms with Gasteiger partial charge in [-0.05, 0) is 42.5 Å². The molecule has 2 aliphatic heterocycles. The molecule has 0 spiro atoms. The lowest BCUT2D eigenvalue weighted by atomic mass is 9.91. The molecule has 0 radical (unpaired) electrons. The van der Waals surface area contributed by atoms with Crippen LogP contribution in [0.25, 0.3) is 0 Å². The van der Waals surface area contributed by atoms with Crippen molar-refractivity contribution in [1.29, 1.82) is 0 Å². The number of amides is 1. The van der Waals surface area contributed by atoms with Crippen molar-refractivity contribution in [3.63, 3.8) is 0 Å². The van der Waals surface area contributed by atoms with Crippen LogP contribution in [0, 0.1) is 23.5 Å². The van der Waals surface area contributed by atoms with Gasteiger partial charge < -0.3 is 10.2 Å². The van der Waals surface area contributed by atoms with Gasteiger partial charge in [0.25, 0.3) is 0 Å². The van der Waals surface area contributed by atoms with E-state index in [1.54, 1.807) is 24.3 Å². The zero-order valence-electron chi connectivity index (χ0n) is 16.0. The summed E-state index contributed by atoms with van der Waals surface area (Å²) in [6.07, 6.45) is 2.53. The maximum absolute atomic E-state index is 14.7. The van der Waals surface area contributed by atoms with E-state index in [0.29, 0.717) is 28.9 Å². The van der Waals surface area contributed by atoms with E-state index >= 15 is 0 Å². The van der Waals surface area contributed by atoms with Crippen LogP contribution in [0.4, 0.5) is 25.8 Å². The maximum Gasteiger partial charge on any atom is 0.237 e. The van der Waals surface area contributed by atoms with Crippen LogP contribution in [0.3, 0.4) is 0 Å². The molecular weight excluding hydrogens is 360 g/mol. The molecule has 0 saturated carbocycles. The molecule has 1 amide bonds. The Balaban J connectivity index is 1.55. The molecule has 2 aromatic carbocycles. The first-order valence-electron chi connectivity index (χ1n) is 9.60. The largest absolute Gasteiger partial charge is 0.369 e. The van der Waals surface area contributed by atoms with Crippen LogP contribution in [0.15, 0.2) is 41.4 Å². The fourth-order valence-corrected chi connectivity index (χ4v) is 4.30. The summed E-state index contributed by atoms with van der Waals surface area (Å²) in [5.41, 5.74) is 1.71. The summed E-state index contributed by atoms with van der Waals surface area (Å²) in [6, 6.07) is 9.34. The zero-order chi connectivity index (χ0) is 19.8. The minimum absolute atomic E-state index is 0.282. The monoisotopic (exact) mass is 383 g/mol. The fourth-order valence-electron chi connectivity index (χ4n) is 4.30. The van der Waals surface area contributed by atoms with Crippen molar-refractivity contribution in [2.45, 2.75) is 26.2 Å². The van der Waals surface area contributed by atoms with Gasteiger partial charge in [0.2, 0.25) is 5.91 Å². The van der Waals surface area contributed by atoms with Crippen molar-refractivity contribution in [2.24, 2.45) is 16.8 Å². The van der Waals surface area contributed by atoms with Crippen molar-refractivity contribution < 1.29 is 13.6 Å². The van der Waals surface area contributed by atoms with E-state index in [4.69, 9.17) is 0 Å². The summed E-state index contributed by atoms with van der Waals surface area (Å²) in [5.74, 6) is -0.895. The predicted octanol–water partition coefficient (Wildman–Crippen LogP) is 4.89. The Labute approximate surface area is 163 Å². The topological polar surface area (TPSA) is 44.7 Å². The third-order valence-electron chi connectivity index (χ3n) is 5.42. The molecule has 2 aliphatic rings. The lowest BCUT2D eigenvalue weighted by Gasteiger charge is -2.36. The highest BCUT2D eigenvalue weighted by atomic mass is 19.1. The Morgan fingerprint density at radius 3 is 2.57 bits per heavy atom. The van der Waals surface area contributed by atoms with E-state index in [0.717, 1.165) is 19.5 Å². The standard InChI is InChI=1S/C22H23F2N3O/c1-13-8-14(2)12-27(11-13)20-7-6-15(9-18(20)24)25-10-16-21-17(23)4-3-5-19(21)26-22(16)28/h3-7,9-10,13-14,16H,8,11-12H2,1-2H3,(H,26,28). The molecule has 28 heavy (non-hydrogen) atoms. The summed E-state index contributed by atoms with van der Waals surface area (Å²) < 4.78 is 28.8. The number of carbonyl (C=O) groups excluding carboxylic acids is 1. The van der Waals surface area contributed by atoms with Crippen molar-refractivity contribution in [1.82, 2.24) is 0 Å². The Bertz CT molecular complexity index is 933. The number of piperidine rings is 1. The summed E-state index contributed by atoms with van der Waals surface area (Å²) in [7, 11) is 0. The maximum atomic E-state index is 14.7. The second kappa shape index (κ2) is 7.34. The Kier molecular flexibility index (Phi) is 4.87. The van der Waals surface area contributed by atoms with Crippen LogP contribution >= 0.6 is 0 Å². The number of fused-ring (bicyclic) bond motifs is 1. The second-order valence-corrected chi connectivity index (χ2v) is 7.93. The number of nitrogens with one attached hydrogen (secondary N) is 1. The number of hydrogen-bond donors (Lipinski definition) is 1. The molecule has 1 fully saturated rings. The fraction of sp³-hybridized carbons (Fsp3) is 0.364. The van der Waals surface area contributed by atoms with Crippen molar-refractivity contribution in [3.8, 4) is 0 Å². The van der Waals surface area contributed by atoms with Crippen molar-refractivity contribution in [3.05, 3.63) is 53.6 Å². The summed E-state index contributed by atoms with van der Waals surface area (Å²) >= 11 is 0. The van der Waals surface area contributed by atoms with Crippen LogP contribution in [0.5, 0.6) is 0 Å². The minimum Gasteiger partial charge on any atom is -0.369 e. The lowest BCUT2D eigenvalue weighted by molar-refractivity contribution is -0.115. The molecule has 6 heteroatoms. The molecule has 146 valence electrons. The molecule has 3 unspecified atom stereocenters. The van der Waals surface area contributed by atoms with E-state index in [9.17, 15) is 13.6 Å². The number of nitrogens with zero attached hydrogens (tertiary/aromatic N) is 2. The van der Waals surface area contributed by atoms with Crippen LogP contribution in [0.2, 0.25) is 0 Å². The molecule has 1 N–H and O–H groups in total. The number of benzene rings is 2. The Morgan fingerprint density at radius 2 is 1.86 bits per heavy atom. The molecule has 0 aliphatic carbocycles. The number of carbonyl (C=O) groups is 1. The van der Waals surface area contributed by atoms with Gasteiger partial charge in [0.1, 0.15) is 17.6 Å². The zero-order valence-corrected chi connectivity index (χ0v) is 16.0. The number of anilines is 2. The average molecular weight is 383 g/mol. The molecule has 2 aromatic rings. The minimum atomic E-state index is -0.817. The molecule has 1 saturated heterocycles. The first-order chi connectivity index (χ1) is 13.4. The van der Waals surface area contributed by atoms with Gasteiger partial charge in [-0.15, -0.1) is 0 Å². The van der Waals surface area contributed by atoms with Crippen LogP contribution in [-0.2, 0) is 4.79 Å². The van der Waals surface area contributed by atoms with Crippen molar-refractivity contribution in [2.75, 3.05) is 23.3 Å². The molecule has 4 nitrogen and oxygen atoms in total. The van der Waals surface area contributed by atoms with Gasteiger partial charge in [-0.1, -0.05) is 19.9 Å². The van der Waals surface area contributed by atoms with Crippen LogP contribution in [0.1, 0.15) is 31.7 Å². The Morgan fingerprint density at radius 1 is 1.11 bits per heavy atom. The first-order valence-corrected chi connectivity index (χ1v) is 9.60. The predicted molar refractivity (Wildman–Crippen MR) is 107 cm³/mol. The van der Waals surface area contributed by atoms with Gasteiger partial charge >= 0.3 is 0 Å². The van der Waals surface area contributed by atoms with Crippen LogP contribution < -0.4 is 10.2 Å². The normalized spacial score (nSPS) is 24.5. The number of halogens is 2. The third kappa shape index (κ3) is 3.51. The van der Waals surface area contributed by atoms with Gasteiger partial charge in [-0.25, -0.2) is 8.78 Å². The first kappa shape index (κ1) is 18.6. The third-order valence-corrected chi connectivity index (χ3v) is 5.42.